The highest BCUT2D eigenvalue weighted by Gasteiger charge is 2.11. The maximum absolute atomic E-state index is 10.6. The van der Waals surface area contributed by atoms with Gasteiger partial charge in [-0.3, -0.25) is 4.79 Å². The molecule has 0 radical (unpaired) electrons. The fraction of sp³-hybridized carbons (Fsp3) is 0.231. The molecular formula is C13H12BrNO2S. The number of hydrogen-bond donors (Lipinski definition) is 1. The number of aryl methyl sites for hydroxylation is 2. The summed E-state index contributed by atoms with van der Waals surface area (Å²) in [4.78, 5) is 16.0. The molecule has 0 unspecified atom stereocenters. The second-order valence-electron chi connectivity index (χ2n) is 3.99. The van der Waals surface area contributed by atoms with Crippen molar-refractivity contribution in [2.24, 2.45) is 0 Å². The van der Waals surface area contributed by atoms with Gasteiger partial charge in [-0.2, -0.15) is 0 Å². The lowest BCUT2D eigenvalue weighted by Crippen LogP contribution is -1.96. The molecule has 0 bridgehead atoms. The van der Waals surface area contributed by atoms with Crippen molar-refractivity contribution in [2.75, 3.05) is 0 Å². The molecule has 0 aliphatic carbocycles. The highest BCUT2D eigenvalue weighted by Crippen LogP contribution is 2.32. The van der Waals surface area contributed by atoms with Crippen molar-refractivity contribution in [3.8, 4) is 10.6 Å². The number of carboxylic acids is 1. The standard InChI is InChI=1S/C13H12BrNO2S/c1-8-2-4-9(5-3-8)13-15-12(14)10(18-13)6-7-11(16)17/h2-5H,6-7H2,1H3,(H,16,17). The summed E-state index contributed by atoms with van der Waals surface area (Å²) in [5.74, 6) is -0.785. The molecule has 3 nitrogen and oxygen atoms in total. The third-order valence-electron chi connectivity index (χ3n) is 2.51. The smallest absolute Gasteiger partial charge is 0.303 e. The molecule has 2 rings (SSSR count). The molecule has 0 saturated heterocycles. The Balaban J connectivity index is 2.22. The third kappa shape index (κ3) is 3.17. The number of carboxylic acid groups (broad SMARTS) is 1. The summed E-state index contributed by atoms with van der Waals surface area (Å²) in [6, 6.07) is 8.15. The van der Waals surface area contributed by atoms with Gasteiger partial charge in [0.05, 0.1) is 6.42 Å². The van der Waals surface area contributed by atoms with Gasteiger partial charge in [-0.15, -0.1) is 11.3 Å². The zero-order valence-electron chi connectivity index (χ0n) is 9.81. The van der Waals surface area contributed by atoms with Crippen molar-refractivity contribution in [3.63, 3.8) is 0 Å². The predicted octanol–water partition coefficient (Wildman–Crippen LogP) is 3.90. The minimum Gasteiger partial charge on any atom is -0.481 e. The van der Waals surface area contributed by atoms with Gasteiger partial charge in [-0.05, 0) is 29.3 Å². The molecule has 0 amide bonds. The Morgan fingerprint density at radius 2 is 2.06 bits per heavy atom. The van der Waals surface area contributed by atoms with Crippen LogP contribution in [0.2, 0.25) is 0 Å². The molecular weight excluding hydrogens is 314 g/mol. The highest BCUT2D eigenvalue weighted by molar-refractivity contribution is 9.10. The van der Waals surface area contributed by atoms with Crippen LogP contribution in [0.25, 0.3) is 10.6 Å². The van der Waals surface area contributed by atoms with E-state index in [4.69, 9.17) is 5.11 Å². The van der Waals surface area contributed by atoms with Crippen molar-refractivity contribution in [1.82, 2.24) is 4.98 Å². The first-order chi connectivity index (χ1) is 8.56. The van der Waals surface area contributed by atoms with E-state index in [-0.39, 0.29) is 6.42 Å². The molecule has 0 aliphatic heterocycles. The minimum absolute atomic E-state index is 0.133. The van der Waals surface area contributed by atoms with Crippen molar-refractivity contribution >= 4 is 33.2 Å². The molecule has 1 N–H and O–H groups in total. The summed E-state index contributed by atoms with van der Waals surface area (Å²) in [7, 11) is 0. The normalized spacial score (nSPS) is 10.6. The number of hydrogen-bond acceptors (Lipinski definition) is 3. The molecule has 1 aromatic carbocycles. The van der Waals surface area contributed by atoms with E-state index in [2.05, 4.69) is 20.9 Å². The largest absolute Gasteiger partial charge is 0.481 e. The number of rotatable bonds is 4. The summed E-state index contributed by atoms with van der Waals surface area (Å²) >= 11 is 4.92. The zero-order valence-corrected chi connectivity index (χ0v) is 12.2. The zero-order chi connectivity index (χ0) is 13.1. The molecule has 2 aromatic rings. The van der Waals surface area contributed by atoms with Gasteiger partial charge < -0.3 is 5.11 Å². The van der Waals surface area contributed by atoms with Crippen LogP contribution in [0.15, 0.2) is 28.9 Å². The fourth-order valence-corrected chi connectivity index (χ4v) is 3.22. The summed E-state index contributed by atoms with van der Waals surface area (Å²) < 4.78 is 0.754. The monoisotopic (exact) mass is 325 g/mol. The van der Waals surface area contributed by atoms with Gasteiger partial charge in [0.2, 0.25) is 0 Å². The van der Waals surface area contributed by atoms with Crippen LogP contribution >= 0.6 is 27.3 Å². The Morgan fingerprint density at radius 1 is 1.39 bits per heavy atom. The van der Waals surface area contributed by atoms with Crippen LogP contribution < -0.4 is 0 Å². The number of aromatic nitrogens is 1. The van der Waals surface area contributed by atoms with Crippen LogP contribution in [0.3, 0.4) is 0 Å². The first-order valence-electron chi connectivity index (χ1n) is 5.50. The Hall–Kier alpha value is -1.20. The fourth-order valence-electron chi connectivity index (χ4n) is 1.53. The van der Waals surface area contributed by atoms with Crippen molar-refractivity contribution in [3.05, 3.63) is 39.3 Å². The Morgan fingerprint density at radius 3 is 2.67 bits per heavy atom. The molecule has 0 atom stereocenters. The van der Waals surface area contributed by atoms with E-state index < -0.39 is 5.97 Å². The molecule has 1 aromatic heterocycles. The van der Waals surface area contributed by atoms with Crippen LogP contribution in [-0.2, 0) is 11.2 Å². The topological polar surface area (TPSA) is 50.2 Å². The molecule has 1 heterocycles. The number of halogens is 1. The average molecular weight is 326 g/mol. The lowest BCUT2D eigenvalue weighted by atomic mass is 10.2. The van der Waals surface area contributed by atoms with E-state index in [1.54, 1.807) is 0 Å². The van der Waals surface area contributed by atoms with Crippen LogP contribution in [-0.4, -0.2) is 16.1 Å². The Bertz CT molecular complexity index is 563. The van der Waals surface area contributed by atoms with Gasteiger partial charge in [0.15, 0.2) is 0 Å². The third-order valence-corrected chi connectivity index (χ3v) is 4.60. The van der Waals surface area contributed by atoms with Gasteiger partial charge in [0, 0.05) is 10.4 Å². The second-order valence-corrected chi connectivity index (χ2v) is 5.83. The number of aliphatic carboxylic acids is 1. The van der Waals surface area contributed by atoms with E-state index in [1.165, 1.54) is 16.9 Å². The minimum atomic E-state index is -0.785. The predicted molar refractivity (Wildman–Crippen MR) is 75.9 cm³/mol. The number of thiazole rings is 1. The first kappa shape index (κ1) is 13.2. The number of nitrogens with zero attached hydrogens (tertiary/aromatic N) is 1. The molecule has 94 valence electrons. The molecule has 5 heteroatoms. The quantitative estimate of drug-likeness (QED) is 0.927. The molecule has 0 aliphatic rings. The molecule has 0 fully saturated rings. The number of benzene rings is 1. The molecule has 0 spiro atoms. The first-order valence-corrected chi connectivity index (χ1v) is 7.11. The molecule has 0 saturated carbocycles. The van der Waals surface area contributed by atoms with Crippen molar-refractivity contribution < 1.29 is 9.90 Å². The summed E-state index contributed by atoms with van der Waals surface area (Å²) in [6.07, 6.45) is 0.646. The van der Waals surface area contributed by atoms with E-state index in [0.717, 1.165) is 20.1 Å². The maximum atomic E-state index is 10.6. The Labute approximate surface area is 118 Å². The van der Waals surface area contributed by atoms with Crippen LogP contribution in [0.1, 0.15) is 16.9 Å². The van der Waals surface area contributed by atoms with Gasteiger partial charge in [0.25, 0.3) is 0 Å². The van der Waals surface area contributed by atoms with E-state index in [0.29, 0.717) is 6.42 Å². The van der Waals surface area contributed by atoms with Gasteiger partial charge in [0.1, 0.15) is 9.61 Å². The van der Waals surface area contributed by atoms with Crippen LogP contribution in [0.5, 0.6) is 0 Å². The SMILES string of the molecule is Cc1ccc(-c2nc(Br)c(CCC(=O)O)s2)cc1. The average Bonchev–Trinajstić information content (AvgIpc) is 2.69. The Kier molecular flexibility index (Phi) is 4.14. The van der Waals surface area contributed by atoms with Crippen LogP contribution in [0.4, 0.5) is 0 Å². The van der Waals surface area contributed by atoms with E-state index in [9.17, 15) is 4.79 Å². The van der Waals surface area contributed by atoms with Gasteiger partial charge in [-0.25, -0.2) is 4.98 Å². The van der Waals surface area contributed by atoms with Crippen LogP contribution in [0, 0.1) is 6.92 Å². The second kappa shape index (κ2) is 5.63. The van der Waals surface area contributed by atoms with E-state index in [1.807, 2.05) is 31.2 Å². The molecule has 18 heavy (non-hydrogen) atoms. The number of carbonyl (C=O) groups is 1. The summed E-state index contributed by atoms with van der Waals surface area (Å²) in [5.41, 5.74) is 2.27. The van der Waals surface area contributed by atoms with Crippen molar-refractivity contribution in [1.29, 1.82) is 0 Å². The van der Waals surface area contributed by atoms with E-state index >= 15 is 0 Å². The summed E-state index contributed by atoms with van der Waals surface area (Å²) in [6.45, 7) is 2.04. The van der Waals surface area contributed by atoms with Gasteiger partial charge >= 0.3 is 5.97 Å². The lowest BCUT2D eigenvalue weighted by molar-refractivity contribution is -0.136. The lowest BCUT2D eigenvalue weighted by Gasteiger charge is -1.96. The van der Waals surface area contributed by atoms with Crippen molar-refractivity contribution in [2.45, 2.75) is 19.8 Å². The summed E-state index contributed by atoms with van der Waals surface area (Å²) in [5, 5.41) is 9.61. The highest BCUT2D eigenvalue weighted by atomic mass is 79.9. The maximum Gasteiger partial charge on any atom is 0.303 e. The van der Waals surface area contributed by atoms with Gasteiger partial charge in [-0.1, -0.05) is 29.8 Å².